The van der Waals surface area contributed by atoms with Crippen molar-refractivity contribution in [3.05, 3.63) is 47.5 Å². The maximum absolute atomic E-state index is 13.1. The molecule has 0 aromatic heterocycles. The molecule has 1 fully saturated rings. The number of rotatable bonds is 8. The minimum Gasteiger partial charge on any atom is -0.493 e. The number of anilines is 1. The van der Waals surface area contributed by atoms with Gasteiger partial charge in [0.25, 0.3) is 5.91 Å². The van der Waals surface area contributed by atoms with Gasteiger partial charge in [0.2, 0.25) is 10.0 Å². The lowest BCUT2D eigenvalue weighted by atomic mass is 10.2. The third-order valence-electron chi connectivity index (χ3n) is 5.36. The molecule has 0 saturated carbocycles. The number of para-hydroxylation sites is 1. The molecule has 0 spiro atoms. The average molecular weight is 477 g/mol. The van der Waals surface area contributed by atoms with E-state index in [1.807, 2.05) is 0 Å². The van der Waals surface area contributed by atoms with Crippen molar-refractivity contribution < 1.29 is 32.2 Å². The topological polar surface area (TPSA) is 111 Å². The van der Waals surface area contributed by atoms with Crippen LogP contribution in [0.2, 0.25) is 0 Å². The fourth-order valence-electron chi connectivity index (χ4n) is 3.65. The summed E-state index contributed by atoms with van der Waals surface area (Å²) in [5, 5.41) is 2.59. The number of carbonyl (C=O) groups excluding carboxylic acids is 2. The number of methoxy groups -OCH3 is 2. The van der Waals surface area contributed by atoms with Crippen molar-refractivity contribution in [3.8, 4) is 11.5 Å². The lowest BCUT2D eigenvalue weighted by Crippen LogP contribution is -2.36. The molecule has 0 unspecified atom stereocenters. The van der Waals surface area contributed by atoms with Gasteiger partial charge in [-0.2, -0.15) is 4.31 Å². The Morgan fingerprint density at radius 1 is 1.03 bits per heavy atom. The molecule has 33 heavy (non-hydrogen) atoms. The van der Waals surface area contributed by atoms with Gasteiger partial charge in [-0.25, -0.2) is 13.2 Å². The first-order valence-electron chi connectivity index (χ1n) is 10.6. The van der Waals surface area contributed by atoms with E-state index in [2.05, 4.69) is 5.32 Å². The summed E-state index contributed by atoms with van der Waals surface area (Å²) >= 11 is 0. The molecule has 1 N–H and O–H groups in total. The first-order chi connectivity index (χ1) is 15.8. The van der Waals surface area contributed by atoms with Crippen molar-refractivity contribution in [2.45, 2.75) is 31.1 Å². The van der Waals surface area contributed by atoms with E-state index >= 15 is 0 Å². The first-order valence-corrected chi connectivity index (χ1v) is 12.0. The molecule has 0 bridgehead atoms. The van der Waals surface area contributed by atoms with Crippen LogP contribution in [0.5, 0.6) is 11.5 Å². The number of amides is 1. The zero-order chi connectivity index (χ0) is 24.0. The van der Waals surface area contributed by atoms with E-state index in [0.717, 1.165) is 19.3 Å². The molecule has 2 aromatic carbocycles. The molecular weight excluding hydrogens is 448 g/mol. The third-order valence-corrected chi connectivity index (χ3v) is 7.40. The van der Waals surface area contributed by atoms with Gasteiger partial charge in [-0.3, -0.25) is 4.79 Å². The quantitative estimate of drug-likeness (QED) is 0.583. The predicted molar refractivity (Wildman–Crippen MR) is 122 cm³/mol. The fourth-order valence-corrected chi connectivity index (χ4v) is 5.42. The fraction of sp³-hybridized carbons (Fsp3) is 0.391. The van der Waals surface area contributed by atoms with E-state index in [4.69, 9.17) is 14.2 Å². The number of ether oxygens (including phenoxy) is 3. The smallest absolute Gasteiger partial charge is 0.342 e. The third kappa shape index (κ3) is 5.63. The Labute approximate surface area is 193 Å². The van der Waals surface area contributed by atoms with Gasteiger partial charge in [-0.05, 0) is 49.6 Å². The van der Waals surface area contributed by atoms with Gasteiger partial charge in [-0.1, -0.05) is 18.6 Å². The average Bonchev–Trinajstić information content (AvgIpc) is 2.83. The van der Waals surface area contributed by atoms with E-state index < -0.39 is 28.5 Å². The number of hydrogen-bond acceptors (Lipinski definition) is 7. The first kappa shape index (κ1) is 24.5. The molecule has 1 amide bonds. The van der Waals surface area contributed by atoms with Crippen LogP contribution >= 0.6 is 0 Å². The predicted octanol–water partition coefficient (Wildman–Crippen LogP) is 2.98. The summed E-state index contributed by atoms with van der Waals surface area (Å²) < 4.78 is 43.1. The van der Waals surface area contributed by atoms with Crippen molar-refractivity contribution >= 4 is 27.6 Å². The second-order valence-corrected chi connectivity index (χ2v) is 9.52. The second-order valence-electron chi connectivity index (χ2n) is 7.61. The number of carbonyl (C=O) groups is 2. The zero-order valence-corrected chi connectivity index (χ0v) is 19.7. The number of nitrogens with zero attached hydrogens (tertiary/aromatic N) is 1. The maximum Gasteiger partial charge on any atom is 0.342 e. The van der Waals surface area contributed by atoms with E-state index in [0.29, 0.717) is 30.1 Å². The van der Waals surface area contributed by atoms with Crippen LogP contribution < -0.4 is 14.8 Å². The van der Waals surface area contributed by atoms with Gasteiger partial charge in [0.05, 0.1) is 19.1 Å². The standard InChI is InChI=1S/C23H28N2O7S/c1-16-10-11-17(14-20(16)33(28,29)25-12-5-4-6-13-25)24-21(26)15-32-23(27)18-8-7-9-19(30-2)22(18)31-3/h7-11,14H,4-6,12-13,15H2,1-3H3,(H,24,26). The molecule has 0 aliphatic carbocycles. The number of nitrogens with one attached hydrogen (secondary N) is 1. The molecule has 0 radical (unpaired) electrons. The van der Waals surface area contributed by atoms with E-state index in [1.165, 1.54) is 30.7 Å². The minimum atomic E-state index is -3.66. The van der Waals surface area contributed by atoms with Crippen molar-refractivity contribution in [3.63, 3.8) is 0 Å². The number of sulfonamides is 1. The molecule has 1 saturated heterocycles. The van der Waals surface area contributed by atoms with Crippen LogP contribution in [-0.4, -0.2) is 58.5 Å². The molecule has 0 atom stereocenters. The molecule has 1 heterocycles. The Morgan fingerprint density at radius 2 is 1.76 bits per heavy atom. The van der Waals surface area contributed by atoms with Gasteiger partial charge >= 0.3 is 5.97 Å². The van der Waals surface area contributed by atoms with Crippen LogP contribution in [0.4, 0.5) is 5.69 Å². The van der Waals surface area contributed by atoms with Crippen LogP contribution in [0, 0.1) is 6.92 Å². The summed E-state index contributed by atoms with van der Waals surface area (Å²) in [5.74, 6) is -0.788. The molecule has 1 aliphatic rings. The number of aryl methyl sites for hydroxylation is 1. The van der Waals surface area contributed by atoms with Crippen molar-refractivity contribution in [1.29, 1.82) is 0 Å². The summed E-state index contributed by atoms with van der Waals surface area (Å²) in [6, 6.07) is 9.42. The SMILES string of the molecule is COc1cccc(C(=O)OCC(=O)Nc2ccc(C)c(S(=O)(=O)N3CCCCC3)c2)c1OC. The minimum absolute atomic E-state index is 0.120. The lowest BCUT2D eigenvalue weighted by Gasteiger charge is -2.26. The Kier molecular flexibility index (Phi) is 7.93. The number of hydrogen-bond donors (Lipinski definition) is 1. The van der Waals surface area contributed by atoms with Crippen molar-refractivity contribution in [2.75, 3.05) is 39.2 Å². The van der Waals surface area contributed by atoms with Crippen LogP contribution in [0.3, 0.4) is 0 Å². The molecule has 3 rings (SSSR count). The Balaban J connectivity index is 1.68. The largest absolute Gasteiger partial charge is 0.493 e. The lowest BCUT2D eigenvalue weighted by molar-refractivity contribution is -0.119. The number of benzene rings is 2. The Hall–Kier alpha value is -3.11. The van der Waals surface area contributed by atoms with Crippen molar-refractivity contribution in [1.82, 2.24) is 4.31 Å². The highest BCUT2D eigenvalue weighted by Gasteiger charge is 2.27. The van der Waals surface area contributed by atoms with Crippen molar-refractivity contribution in [2.24, 2.45) is 0 Å². The van der Waals surface area contributed by atoms with Crippen LogP contribution in [-0.2, 0) is 19.6 Å². The van der Waals surface area contributed by atoms with Gasteiger partial charge in [0.15, 0.2) is 18.1 Å². The molecule has 2 aromatic rings. The summed E-state index contributed by atoms with van der Waals surface area (Å²) in [7, 11) is -0.813. The number of piperidine rings is 1. The van der Waals surface area contributed by atoms with Crippen LogP contribution in [0.25, 0.3) is 0 Å². The van der Waals surface area contributed by atoms with Crippen LogP contribution in [0.15, 0.2) is 41.3 Å². The zero-order valence-electron chi connectivity index (χ0n) is 18.9. The molecule has 10 heteroatoms. The normalized spacial score (nSPS) is 14.4. The second kappa shape index (κ2) is 10.7. The summed E-state index contributed by atoms with van der Waals surface area (Å²) in [6.07, 6.45) is 2.68. The maximum atomic E-state index is 13.1. The van der Waals surface area contributed by atoms with E-state index in [-0.39, 0.29) is 16.2 Å². The Bertz CT molecular complexity index is 1130. The summed E-state index contributed by atoms with van der Waals surface area (Å²) in [4.78, 5) is 25.0. The monoisotopic (exact) mass is 476 g/mol. The van der Waals surface area contributed by atoms with E-state index in [1.54, 1.807) is 31.2 Å². The van der Waals surface area contributed by atoms with Gasteiger partial charge in [0, 0.05) is 18.8 Å². The molecule has 178 valence electrons. The molecular formula is C23H28N2O7S. The summed E-state index contributed by atoms with van der Waals surface area (Å²) in [6.45, 7) is 2.14. The van der Waals surface area contributed by atoms with Gasteiger partial charge in [-0.15, -0.1) is 0 Å². The highest BCUT2D eigenvalue weighted by Crippen LogP contribution is 2.31. The summed E-state index contributed by atoms with van der Waals surface area (Å²) in [5.41, 5.74) is 1.02. The highest BCUT2D eigenvalue weighted by atomic mass is 32.2. The highest BCUT2D eigenvalue weighted by molar-refractivity contribution is 7.89. The van der Waals surface area contributed by atoms with Gasteiger partial charge < -0.3 is 19.5 Å². The molecule has 1 aliphatic heterocycles. The van der Waals surface area contributed by atoms with Gasteiger partial charge in [0.1, 0.15) is 5.56 Å². The molecule has 9 nitrogen and oxygen atoms in total. The van der Waals surface area contributed by atoms with E-state index in [9.17, 15) is 18.0 Å². The number of esters is 1. The Morgan fingerprint density at radius 3 is 2.42 bits per heavy atom. The van der Waals surface area contributed by atoms with Crippen LogP contribution in [0.1, 0.15) is 35.2 Å².